The second-order valence-corrected chi connectivity index (χ2v) is 15.3. The minimum absolute atomic E-state index is 0.00821. The first-order valence-electron chi connectivity index (χ1n) is 14.8. The van der Waals surface area contributed by atoms with E-state index in [2.05, 4.69) is 40.9 Å². The van der Waals surface area contributed by atoms with Crippen LogP contribution in [0.4, 0.5) is 4.79 Å². The van der Waals surface area contributed by atoms with Gasteiger partial charge in [0.2, 0.25) is 5.91 Å². The van der Waals surface area contributed by atoms with Gasteiger partial charge in [-0.2, -0.15) is 0 Å². The molecule has 6 nitrogen and oxygen atoms in total. The van der Waals surface area contributed by atoms with E-state index in [4.69, 9.17) is 27.9 Å². The number of amides is 2. The summed E-state index contributed by atoms with van der Waals surface area (Å²) in [4.78, 5) is 32.7. The molecule has 9 heteroatoms. The Bertz CT molecular complexity index is 1290. The van der Waals surface area contributed by atoms with Gasteiger partial charge >= 0.3 is 6.09 Å². The van der Waals surface area contributed by atoms with Crippen molar-refractivity contribution >= 4 is 47.0 Å². The van der Waals surface area contributed by atoms with Gasteiger partial charge in [-0.1, -0.05) is 67.4 Å². The number of carbonyl (C=O) groups excluding carboxylic acids is 2. The van der Waals surface area contributed by atoms with Gasteiger partial charge in [0.25, 0.3) is 0 Å². The van der Waals surface area contributed by atoms with Gasteiger partial charge in [-0.15, -0.1) is 11.8 Å². The lowest BCUT2D eigenvalue weighted by Crippen LogP contribution is -2.57. The van der Waals surface area contributed by atoms with Crippen molar-refractivity contribution in [2.24, 2.45) is 5.92 Å². The van der Waals surface area contributed by atoms with E-state index in [1.54, 1.807) is 30.0 Å². The van der Waals surface area contributed by atoms with E-state index in [1.165, 1.54) is 11.1 Å². The van der Waals surface area contributed by atoms with Crippen molar-refractivity contribution in [3.05, 3.63) is 69.2 Å². The summed E-state index contributed by atoms with van der Waals surface area (Å²) in [5.41, 5.74) is 2.21. The molecule has 42 heavy (non-hydrogen) atoms. The van der Waals surface area contributed by atoms with Crippen molar-refractivity contribution in [3.63, 3.8) is 0 Å². The second kappa shape index (κ2) is 13.0. The summed E-state index contributed by atoms with van der Waals surface area (Å²) in [6.07, 6.45) is 2.31. The zero-order valence-electron chi connectivity index (χ0n) is 26.0. The van der Waals surface area contributed by atoms with E-state index in [-0.39, 0.29) is 16.6 Å². The monoisotopic (exact) mass is 633 g/mol. The molecule has 0 saturated carbocycles. The van der Waals surface area contributed by atoms with Gasteiger partial charge in [0.15, 0.2) is 0 Å². The minimum atomic E-state index is -0.903. The van der Waals surface area contributed by atoms with Crippen LogP contribution in [-0.2, 0) is 25.6 Å². The molecule has 2 heterocycles. The van der Waals surface area contributed by atoms with Crippen molar-refractivity contribution in [2.45, 2.75) is 75.5 Å². The van der Waals surface area contributed by atoms with Crippen LogP contribution in [0.2, 0.25) is 10.0 Å². The highest BCUT2D eigenvalue weighted by molar-refractivity contribution is 7.99. The summed E-state index contributed by atoms with van der Waals surface area (Å²) >= 11 is 15.0. The molecule has 0 aliphatic carbocycles. The summed E-state index contributed by atoms with van der Waals surface area (Å²) in [5, 5.41) is 0.849. The Labute approximate surface area is 266 Å². The van der Waals surface area contributed by atoms with Gasteiger partial charge in [0.1, 0.15) is 5.60 Å². The lowest BCUT2D eigenvalue weighted by atomic mass is 9.83. The zero-order valence-corrected chi connectivity index (χ0v) is 28.3. The number of carbonyl (C=O) groups is 2. The number of hydrogen-bond acceptors (Lipinski definition) is 5. The van der Waals surface area contributed by atoms with Gasteiger partial charge in [0, 0.05) is 43.6 Å². The SMILES string of the molecule is CC(C)C(=O)N(C)C[C@](CCN1CCC2(CC1)SCc1ccccc12)(c1ccc(Cl)c(Cl)c1)N(C)C(=O)OC(C)(C)C. The van der Waals surface area contributed by atoms with Gasteiger partial charge in [-0.3, -0.25) is 9.69 Å². The maximum atomic E-state index is 13.7. The van der Waals surface area contributed by atoms with Crippen molar-refractivity contribution in [2.75, 3.05) is 40.3 Å². The van der Waals surface area contributed by atoms with Crippen LogP contribution in [0.3, 0.4) is 0 Å². The van der Waals surface area contributed by atoms with Gasteiger partial charge in [0.05, 0.1) is 15.6 Å². The lowest BCUT2D eigenvalue weighted by molar-refractivity contribution is -0.135. The number of fused-ring (bicyclic) bond motifs is 2. The van der Waals surface area contributed by atoms with Crippen LogP contribution in [0.5, 0.6) is 0 Å². The van der Waals surface area contributed by atoms with E-state index in [1.807, 2.05) is 46.8 Å². The molecular weight excluding hydrogens is 589 g/mol. The molecule has 0 bridgehead atoms. The Morgan fingerprint density at radius 2 is 1.71 bits per heavy atom. The molecule has 1 spiro atoms. The molecule has 1 atom stereocenters. The molecule has 0 unspecified atom stereocenters. The Kier molecular flexibility index (Phi) is 10.2. The van der Waals surface area contributed by atoms with Crippen LogP contribution in [-0.4, -0.2) is 72.6 Å². The molecule has 2 aliphatic rings. The predicted molar refractivity (Wildman–Crippen MR) is 174 cm³/mol. The average Bonchev–Trinajstić information content (AvgIpc) is 3.29. The molecular formula is C33H45Cl2N3O3S. The highest BCUT2D eigenvalue weighted by Gasteiger charge is 2.45. The second-order valence-electron chi connectivity index (χ2n) is 13.1. The summed E-state index contributed by atoms with van der Waals surface area (Å²) in [7, 11) is 3.57. The largest absolute Gasteiger partial charge is 0.444 e. The molecule has 2 aliphatic heterocycles. The molecule has 2 aromatic rings. The van der Waals surface area contributed by atoms with Gasteiger partial charge in [-0.05, 0) is 81.9 Å². The molecule has 1 saturated heterocycles. The number of rotatable bonds is 8. The van der Waals surface area contributed by atoms with Crippen LogP contribution in [0, 0.1) is 5.92 Å². The number of likely N-dealkylation sites (tertiary alicyclic amines) is 1. The number of ether oxygens (including phenoxy) is 1. The van der Waals surface area contributed by atoms with E-state index in [0.29, 0.717) is 23.0 Å². The first-order chi connectivity index (χ1) is 19.7. The number of halogens is 2. The first kappa shape index (κ1) is 33.0. The molecule has 0 radical (unpaired) electrons. The molecule has 1 fully saturated rings. The van der Waals surface area contributed by atoms with Crippen LogP contribution in [0.1, 0.15) is 70.6 Å². The molecule has 2 amide bonds. The topological polar surface area (TPSA) is 53.1 Å². The Morgan fingerprint density at radius 3 is 2.33 bits per heavy atom. The molecule has 4 rings (SSSR count). The molecule has 230 valence electrons. The highest BCUT2D eigenvalue weighted by Crippen LogP contribution is 2.53. The molecule has 0 aromatic heterocycles. The average molecular weight is 635 g/mol. The van der Waals surface area contributed by atoms with Crippen molar-refractivity contribution < 1.29 is 14.3 Å². The maximum Gasteiger partial charge on any atom is 0.410 e. The Morgan fingerprint density at radius 1 is 1.05 bits per heavy atom. The summed E-state index contributed by atoms with van der Waals surface area (Å²) in [5.74, 6) is 0.903. The fourth-order valence-electron chi connectivity index (χ4n) is 6.26. The minimum Gasteiger partial charge on any atom is -0.444 e. The third-order valence-corrected chi connectivity index (χ3v) is 11.0. The first-order valence-corrected chi connectivity index (χ1v) is 16.5. The van der Waals surface area contributed by atoms with Crippen LogP contribution < -0.4 is 0 Å². The number of hydrogen-bond donors (Lipinski definition) is 0. The number of piperidine rings is 1. The number of benzene rings is 2. The summed E-state index contributed by atoms with van der Waals surface area (Å²) in [6.45, 7) is 12.3. The maximum absolute atomic E-state index is 13.7. The zero-order chi connectivity index (χ0) is 30.9. The lowest BCUT2D eigenvalue weighted by Gasteiger charge is -2.47. The fourth-order valence-corrected chi connectivity index (χ4v) is 8.07. The van der Waals surface area contributed by atoms with Gasteiger partial charge < -0.3 is 14.5 Å². The van der Waals surface area contributed by atoms with E-state index < -0.39 is 17.2 Å². The Balaban J connectivity index is 1.65. The van der Waals surface area contributed by atoms with Gasteiger partial charge in [-0.25, -0.2) is 4.79 Å². The third-order valence-electron chi connectivity index (χ3n) is 8.65. The fraction of sp³-hybridized carbons (Fsp3) is 0.576. The summed E-state index contributed by atoms with van der Waals surface area (Å²) < 4.78 is 6.05. The van der Waals surface area contributed by atoms with E-state index in [9.17, 15) is 9.59 Å². The molecule has 2 aromatic carbocycles. The third kappa shape index (κ3) is 7.06. The van der Waals surface area contributed by atoms with Crippen LogP contribution in [0.25, 0.3) is 0 Å². The number of likely N-dealkylation sites (N-methyl/N-ethyl adjacent to an activating group) is 2. The normalized spacial score (nSPS) is 18.0. The van der Waals surface area contributed by atoms with Crippen LogP contribution >= 0.6 is 35.0 Å². The van der Waals surface area contributed by atoms with Crippen molar-refractivity contribution in [3.8, 4) is 0 Å². The molecule has 0 N–H and O–H groups in total. The predicted octanol–water partition coefficient (Wildman–Crippen LogP) is 7.80. The quantitative estimate of drug-likeness (QED) is 0.297. The smallest absolute Gasteiger partial charge is 0.410 e. The highest BCUT2D eigenvalue weighted by atomic mass is 35.5. The van der Waals surface area contributed by atoms with Crippen LogP contribution in [0.15, 0.2) is 42.5 Å². The Hall–Kier alpha value is -1.93. The van der Waals surface area contributed by atoms with Crippen molar-refractivity contribution in [1.29, 1.82) is 0 Å². The van der Waals surface area contributed by atoms with E-state index >= 15 is 0 Å². The van der Waals surface area contributed by atoms with E-state index in [0.717, 1.165) is 43.8 Å². The summed E-state index contributed by atoms with van der Waals surface area (Å²) in [6, 6.07) is 14.4. The number of thioether (sulfide) groups is 1. The van der Waals surface area contributed by atoms with Crippen molar-refractivity contribution in [1.82, 2.24) is 14.7 Å². The standard InChI is InChI=1S/C33H45Cl2N3O3S/c1-23(2)29(39)36(6)22-32(25-12-13-27(34)28(35)20-25,37(7)30(40)41-31(3,4)5)14-17-38-18-15-33(16-19-38)26-11-9-8-10-24(26)21-42-33/h8-13,20,23H,14-19,21-22H2,1-7H3/t32-/m1/s1. The number of nitrogens with zero attached hydrogens (tertiary/aromatic N) is 3.